The lowest BCUT2D eigenvalue weighted by Gasteiger charge is -2.25. The normalized spacial score (nSPS) is 15.1. The van der Waals surface area contributed by atoms with Gasteiger partial charge in [0.25, 0.3) is 0 Å². The van der Waals surface area contributed by atoms with E-state index >= 15 is 0 Å². The van der Waals surface area contributed by atoms with Crippen LogP contribution in [0.25, 0.3) is 22.0 Å². The van der Waals surface area contributed by atoms with E-state index in [1.807, 2.05) is 25.1 Å². The van der Waals surface area contributed by atoms with Crippen molar-refractivity contribution in [3.05, 3.63) is 47.9 Å². The Hall–Kier alpha value is -2.73. The largest absolute Gasteiger partial charge is 0.380 e. The Bertz CT molecular complexity index is 946. The minimum absolute atomic E-state index is 0.213. The smallest absolute Gasteiger partial charge is 0.223 e. The Balaban J connectivity index is 1.86. The lowest BCUT2D eigenvalue weighted by atomic mass is 9.97. The standard InChI is InChI=1S/C21H24FN5/c1-13-4-3-5-17(22)19(13)14-10-15-12-25-21(23-2)27-20(15)18(11-14)26-16-6-8-24-9-7-16/h3-5,10-12,16,24,26H,6-9H2,1-2H3,(H,23,25,27). The van der Waals surface area contributed by atoms with Crippen molar-refractivity contribution in [1.82, 2.24) is 15.3 Å². The fraction of sp³-hybridized carbons (Fsp3) is 0.333. The topological polar surface area (TPSA) is 61.9 Å². The van der Waals surface area contributed by atoms with E-state index in [0.717, 1.165) is 53.6 Å². The van der Waals surface area contributed by atoms with Crippen molar-refractivity contribution in [1.29, 1.82) is 0 Å². The Morgan fingerprint density at radius 3 is 2.74 bits per heavy atom. The van der Waals surface area contributed by atoms with Crippen LogP contribution >= 0.6 is 0 Å². The third-order valence-electron chi connectivity index (χ3n) is 5.12. The summed E-state index contributed by atoms with van der Waals surface area (Å²) >= 11 is 0. The SMILES string of the molecule is CNc1ncc2cc(-c3c(C)cccc3F)cc(NC3CCNCC3)c2n1. The molecular weight excluding hydrogens is 341 g/mol. The predicted octanol–water partition coefficient (Wildman–Crippen LogP) is 3.95. The summed E-state index contributed by atoms with van der Waals surface area (Å²) in [5.41, 5.74) is 4.16. The number of hydrogen-bond donors (Lipinski definition) is 3. The van der Waals surface area contributed by atoms with E-state index < -0.39 is 0 Å². The monoisotopic (exact) mass is 365 g/mol. The number of aromatic nitrogens is 2. The van der Waals surface area contributed by atoms with Crippen LogP contribution in [0.1, 0.15) is 18.4 Å². The molecule has 0 aliphatic carbocycles. The van der Waals surface area contributed by atoms with Gasteiger partial charge in [0.1, 0.15) is 5.82 Å². The summed E-state index contributed by atoms with van der Waals surface area (Å²) in [5.74, 6) is 0.362. The molecule has 1 fully saturated rings. The molecule has 1 aliphatic rings. The van der Waals surface area contributed by atoms with Crippen LogP contribution < -0.4 is 16.0 Å². The molecule has 0 bridgehead atoms. The fourth-order valence-corrected chi connectivity index (χ4v) is 3.70. The van der Waals surface area contributed by atoms with Gasteiger partial charge in [0.05, 0.1) is 11.2 Å². The number of benzene rings is 2. The first-order valence-electron chi connectivity index (χ1n) is 9.37. The molecule has 1 aliphatic heterocycles. The van der Waals surface area contributed by atoms with E-state index in [0.29, 0.717) is 17.6 Å². The van der Waals surface area contributed by atoms with Crippen LogP contribution in [0, 0.1) is 12.7 Å². The van der Waals surface area contributed by atoms with Gasteiger partial charge in [-0.25, -0.2) is 14.4 Å². The maximum Gasteiger partial charge on any atom is 0.223 e. The number of anilines is 2. The quantitative estimate of drug-likeness (QED) is 0.653. The molecule has 27 heavy (non-hydrogen) atoms. The second-order valence-electron chi connectivity index (χ2n) is 7.01. The predicted molar refractivity (Wildman–Crippen MR) is 109 cm³/mol. The van der Waals surface area contributed by atoms with Crippen molar-refractivity contribution in [2.75, 3.05) is 30.8 Å². The maximum absolute atomic E-state index is 14.6. The van der Waals surface area contributed by atoms with Crippen molar-refractivity contribution in [3.63, 3.8) is 0 Å². The number of halogens is 1. The highest BCUT2D eigenvalue weighted by Gasteiger charge is 2.17. The van der Waals surface area contributed by atoms with Gasteiger partial charge in [0, 0.05) is 30.2 Å². The summed E-state index contributed by atoms with van der Waals surface area (Å²) < 4.78 is 14.6. The molecule has 0 atom stereocenters. The molecule has 0 amide bonds. The van der Waals surface area contributed by atoms with E-state index in [1.54, 1.807) is 19.3 Å². The molecule has 0 saturated carbocycles. The molecule has 0 spiro atoms. The number of nitrogens with zero attached hydrogens (tertiary/aromatic N) is 2. The number of fused-ring (bicyclic) bond motifs is 1. The minimum atomic E-state index is -0.213. The molecular formula is C21H24FN5. The second-order valence-corrected chi connectivity index (χ2v) is 7.01. The zero-order chi connectivity index (χ0) is 18.8. The molecule has 2 heterocycles. The summed E-state index contributed by atoms with van der Waals surface area (Å²) in [4.78, 5) is 8.98. The van der Waals surface area contributed by atoms with Crippen molar-refractivity contribution in [3.8, 4) is 11.1 Å². The van der Waals surface area contributed by atoms with E-state index in [4.69, 9.17) is 0 Å². The summed E-state index contributed by atoms with van der Waals surface area (Å²) in [6.45, 7) is 3.93. The summed E-state index contributed by atoms with van der Waals surface area (Å²) in [5, 5.41) is 10.9. The lowest BCUT2D eigenvalue weighted by Crippen LogP contribution is -2.35. The van der Waals surface area contributed by atoms with Gasteiger partial charge in [-0.05, 0) is 62.2 Å². The second kappa shape index (κ2) is 7.48. The lowest BCUT2D eigenvalue weighted by molar-refractivity contribution is 0.479. The van der Waals surface area contributed by atoms with Crippen LogP contribution in [0.15, 0.2) is 36.5 Å². The molecule has 5 nitrogen and oxygen atoms in total. The molecule has 3 N–H and O–H groups in total. The van der Waals surface area contributed by atoms with Crippen molar-refractivity contribution >= 4 is 22.5 Å². The first-order valence-corrected chi connectivity index (χ1v) is 9.37. The van der Waals surface area contributed by atoms with Crippen LogP contribution in [0.4, 0.5) is 16.0 Å². The molecule has 6 heteroatoms. The number of nitrogens with one attached hydrogen (secondary N) is 3. The summed E-state index contributed by atoms with van der Waals surface area (Å²) in [6, 6.07) is 9.54. The highest BCUT2D eigenvalue weighted by Crippen LogP contribution is 2.34. The molecule has 2 aromatic carbocycles. The number of piperidine rings is 1. The van der Waals surface area contributed by atoms with Crippen LogP contribution in [0.5, 0.6) is 0 Å². The van der Waals surface area contributed by atoms with Gasteiger partial charge in [0.15, 0.2) is 0 Å². The highest BCUT2D eigenvalue weighted by atomic mass is 19.1. The van der Waals surface area contributed by atoms with E-state index in [2.05, 4.69) is 25.9 Å². The number of rotatable bonds is 4. The van der Waals surface area contributed by atoms with Crippen molar-refractivity contribution in [2.24, 2.45) is 0 Å². The Morgan fingerprint density at radius 2 is 2.00 bits per heavy atom. The number of hydrogen-bond acceptors (Lipinski definition) is 5. The molecule has 0 radical (unpaired) electrons. The van der Waals surface area contributed by atoms with Gasteiger partial charge in [-0.2, -0.15) is 0 Å². The van der Waals surface area contributed by atoms with Gasteiger partial charge < -0.3 is 16.0 Å². The van der Waals surface area contributed by atoms with Gasteiger partial charge in [-0.1, -0.05) is 12.1 Å². The van der Waals surface area contributed by atoms with Gasteiger partial charge in [-0.3, -0.25) is 0 Å². The van der Waals surface area contributed by atoms with E-state index in [-0.39, 0.29) is 5.82 Å². The molecule has 4 rings (SSSR count). The molecule has 0 unspecified atom stereocenters. The maximum atomic E-state index is 14.6. The zero-order valence-corrected chi connectivity index (χ0v) is 15.6. The molecule has 140 valence electrons. The Morgan fingerprint density at radius 1 is 1.19 bits per heavy atom. The first kappa shape index (κ1) is 17.7. The highest BCUT2D eigenvalue weighted by molar-refractivity contribution is 5.95. The molecule has 3 aromatic rings. The number of aryl methyl sites for hydroxylation is 1. The zero-order valence-electron chi connectivity index (χ0n) is 15.6. The third kappa shape index (κ3) is 3.57. The van der Waals surface area contributed by atoms with Crippen LogP contribution in [-0.4, -0.2) is 36.1 Å². The van der Waals surface area contributed by atoms with Gasteiger partial charge in [-0.15, -0.1) is 0 Å². The van der Waals surface area contributed by atoms with Crippen LogP contribution in [-0.2, 0) is 0 Å². The summed E-state index contributed by atoms with van der Waals surface area (Å²) in [6.07, 6.45) is 3.89. The van der Waals surface area contributed by atoms with Crippen molar-refractivity contribution < 1.29 is 4.39 Å². The van der Waals surface area contributed by atoms with E-state index in [9.17, 15) is 4.39 Å². The van der Waals surface area contributed by atoms with Crippen LogP contribution in [0.2, 0.25) is 0 Å². The average molecular weight is 365 g/mol. The third-order valence-corrected chi connectivity index (χ3v) is 5.12. The molecule has 1 aromatic heterocycles. The van der Waals surface area contributed by atoms with Crippen LogP contribution in [0.3, 0.4) is 0 Å². The van der Waals surface area contributed by atoms with Gasteiger partial charge >= 0.3 is 0 Å². The average Bonchev–Trinajstić information content (AvgIpc) is 2.68. The first-order chi connectivity index (χ1) is 13.2. The van der Waals surface area contributed by atoms with Crippen molar-refractivity contribution in [2.45, 2.75) is 25.8 Å². The summed E-state index contributed by atoms with van der Waals surface area (Å²) in [7, 11) is 1.80. The van der Waals surface area contributed by atoms with Gasteiger partial charge in [0.2, 0.25) is 5.95 Å². The molecule has 1 saturated heterocycles. The minimum Gasteiger partial charge on any atom is -0.380 e. The Labute approximate surface area is 158 Å². The Kier molecular flexibility index (Phi) is 4.90. The fourth-order valence-electron chi connectivity index (χ4n) is 3.70. The van der Waals surface area contributed by atoms with E-state index in [1.165, 1.54) is 6.07 Å².